The van der Waals surface area contributed by atoms with E-state index in [1.165, 1.54) is 82.6 Å². The Labute approximate surface area is 177 Å². The van der Waals surface area contributed by atoms with E-state index >= 15 is 0 Å². The highest BCUT2D eigenvalue weighted by atomic mass is 16.5. The third-order valence-electron chi connectivity index (χ3n) is 7.85. The van der Waals surface area contributed by atoms with Gasteiger partial charge in [-0.3, -0.25) is 0 Å². The Morgan fingerprint density at radius 2 is 1.52 bits per heavy atom. The van der Waals surface area contributed by atoms with Crippen molar-refractivity contribution in [1.82, 2.24) is 0 Å². The van der Waals surface area contributed by atoms with Crippen LogP contribution in [0.1, 0.15) is 95.0 Å². The van der Waals surface area contributed by atoms with Crippen LogP contribution < -0.4 is 10.5 Å². The minimum atomic E-state index is -0.141. The van der Waals surface area contributed by atoms with Crippen LogP contribution in [0, 0.1) is 17.8 Å². The first-order chi connectivity index (χ1) is 14.3. The number of hydrogen-bond donors (Lipinski definition) is 1. The normalized spacial score (nSPS) is 29.2. The number of ether oxygens (including phenoxy) is 2. The standard InChI is InChI=1S/C26H41NO2/c27-26(19-20-10-11-22-8-4-5-9-24(22)18-20)29-17-16-28-25-14-12-23(13-15-25)21-6-2-1-3-7-21/h12-15,20-22,24,26H,1-11,16-19,27H2. The van der Waals surface area contributed by atoms with Crippen LogP contribution in [0.5, 0.6) is 5.75 Å². The molecular formula is C26H41NO2. The molecule has 3 aliphatic carbocycles. The van der Waals surface area contributed by atoms with E-state index in [1.54, 1.807) is 0 Å². The average molecular weight is 400 g/mol. The van der Waals surface area contributed by atoms with Crippen molar-refractivity contribution < 1.29 is 9.47 Å². The second-order valence-electron chi connectivity index (χ2n) is 9.88. The van der Waals surface area contributed by atoms with Crippen molar-refractivity contribution in [3.8, 4) is 5.75 Å². The summed E-state index contributed by atoms with van der Waals surface area (Å²) >= 11 is 0. The molecule has 1 aromatic carbocycles. The number of hydrogen-bond acceptors (Lipinski definition) is 3. The molecule has 162 valence electrons. The number of nitrogens with two attached hydrogens (primary N) is 1. The summed E-state index contributed by atoms with van der Waals surface area (Å²) in [5.41, 5.74) is 7.75. The van der Waals surface area contributed by atoms with E-state index in [-0.39, 0.29) is 6.23 Å². The molecule has 0 amide bonds. The molecule has 0 bridgehead atoms. The van der Waals surface area contributed by atoms with Crippen LogP contribution in [0.4, 0.5) is 0 Å². The Hall–Kier alpha value is -1.06. The van der Waals surface area contributed by atoms with E-state index in [9.17, 15) is 0 Å². The maximum atomic E-state index is 6.28. The van der Waals surface area contributed by atoms with Crippen molar-refractivity contribution in [2.75, 3.05) is 13.2 Å². The summed E-state index contributed by atoms with van der Waals surface area (Å²) in [5.74, 6) is 4.43. The molecule has 4 unspecified atom stereocenters. The summed E-state index contributed by atoms with van der Waals surface area (Å²) in [4.78, 5) is 0. The summed E-state index contributed by atoms with van der Waals surface area (Å²) < 4.78 is 11.8. The molecule has 0 aliphatic heterocycles. The van der Waals surface area contributed by atoms with Crippen LogP contribution in [0.15, 0.2) is 24.3 Å². The summed E-state index contributed by atoms with van der Waals surface area (Å²) in [7, 11) is 0. The number of benzene rings is 1. The summed E-state index contributed by atoms with van der Waals surface area (Å²) in [5, 5.41) is 0. The monoisotopic (exact) mass is 399 g/mol. The molecular weight excluding hydrogens is 358 g/mol. The summed E-state index contributed by atoms with van der Waals surface area (Å²) in [6.07, 6.45) is 17.7. The molecule has 3 aliphatic rings. The Kier molecular flexibility index (Phi) is 7.90. The first-order valence-corrected chi connectivity index (χ1v) is 12.4. The largest absolute Gasteiger partial charge is 0.491 e. The molecule has 3 fully saturated rings. The van der Waals surface area contributed by atoms with Gasteiger partial charge in [0.15, 0.2) is 0 Å². The molecule has 0 aromatic heterocycles. The van der Waals surface area contributed by atoms with Gasteiger partial charge in [0.05, 0.1) is 6.61 Å². The minimum Gasteiger partial charge on any atom is -0.491 e. The lowest BCUT2D eigenvalue weighted by atomic mass is 9.67. The Morgan fingerprint density at radius 3 is 2.31 bits per heavy atom. The second kappa shape index (κ2) is 10.8. The highest BCUT2D eigenvalue weighted by molar-refractivity contribution is 5.29. The van der Waals surface area contributed by atoms with Gasteiger partial charge in [0, 0.05) is 0 Å². The van der Waals surface area contributed by atoms with Crippen molar-refractivity contribution in [2.45, 2.75) is 95.6 Å². The maximum absolute atomic E-state index is 6.28. The Balaban J connectivity index is 1.11. The second-order valence-corrected chi connectivity index (χ2v) is 9.88. The zero-order valence-corrected chi connectivity index (χ0v) is 18.2. The van der Waals surface area contributed by atoms with Gasteiger partial charge in [0.25, 0.3) is 0 Å². The van der Waals surface area contributed by atoms with Gasteiger partial charge in [-0.15, -0.1) is 0 Å². The van der Waals surface area contributed by atoms with Gasteiger partial charge < -0.3 is 15.2 Å². The van der Waals surface area contributed by atoms with Crippen LogP contribution >= 0.6 is 0 Å². The van der Waals surface area contributed by atoms with Crippen molar-refractivity contribution in [1.29, 1.82) is 0 Å². The van der Waals surface area contributed by atoms with Gasteiger partial charge in [-0.25, -0.2) is 0 Å². The lowest BCUT2D eigenvalue weighted by Crippen LogP contribution is -2.33. The molecule has 4 atom stereocenters. The van der Waals surface area contributed by atoms with E-state index in [2.05, 4.69) is 24.3 Å². The molecule has 0 saturated heterocycles. The predicted molar refractivity (Wildman–Crippen MR) is 119 cm³/mol. The van der Waals surface area contributed by atoms with E-state index in [1.807, 2.05) is 0 Å². The third kappa shape index (κ3) is 6.21. The van der Waals surface area contributed by atoms with Gasteiger partial charge in [-0.2, -0.15) is 0 Å². The quantitative estimate of drug-likeness (QED) is 0.406. The molecule has 0 radical (unpaired) electrons. The highest BCUT2D eigenvalue weighted by Crippen LogP contribution is 2.43. The van der Waals surface area contributed by atoms with E-state index in [0.29, 0.717) is 13.2 Å². The van der Waals surface area contributed by atoms with Crippen molar-refractivity contribution in [3.05, 3.63) is 29.8 Å². The zero-order valence-electron chi connectivity index (χ0n) is 18.2. The first kappa shape index (κ1) is 21.2. The zero-order chi connectivity index (χ0) is 19.9. The molecule has 0 spiro atoms. The molecule has 1 aromatic rings. The van der Waals surface area contributed by atoms with Gasteiger partial charge in [0.2, 0.25) is 0 Å². The van der Waals surface area contributed by atoms with E-state index in [0.717, 1.165) is 35.8 Å². The lowest BCUT2D eigenvalue weighted by Gasteiger charge is -2.39. The molecule has 3 heteroatoms. The fraction of sp³-hybridized carbons (Fsp3) is 0.769. The van der Waals surface area contributed by atoms with Crippen molar-refractivity contribution in [2.24, 2.45) is 23.5 Å². The molecule has 3 saturated carbocycles. The number of fused-ring (bicyclic) bond motifs is 1. The van der Waals surface area contributed by atoms with Crippen LogP contribution in [0.3, 0.4) is 0 Å². The average Bonchev–Trinajstić information content (AvgIpc) is 2.78. The Morgan fingerprint density at radius 1 is 0.793 bits per heavy atom. The fourth-order valence-electron chi connectivity index (χ4n) is 6.21. The lowest BCUT2D eigenvalue weighted by molar-refractivity contribution is 0.0109. The van der Waals surface area contributed by atoms with Gasteiger partial charge in [-0.1, -0.05) is 63.5 Å². The van der Waals surface area contributed by atoms with E-state index in [4.69, 9.17) is 15.2 Å². The molecule has 0 heterocycles. The molecule has 4 rings (SSSR count). The SMILES string of the molecule is NC(CC1CCC2CCCCC2C1)OCCOc1ccc(C2CCCCC2)cc1. The topological polar surface area (TPSA) is 44.5 Å². The smallest absolute Gasteiger partial charge is 0.119 e. The first-order valence-electron chi connectivity index (χ1n) is 12.4. The third-order valence-corrected chi connectivity index (χ3v) is 7.85. The molecule has 2 N–H and O–H groups in total. The predicted octanol–water partition coefficient (Wildman–Crippen LogP) is 6.41. The molecule has 3 nitrogen and oxygen atoms in total. The highest BCUT2D eigenvalue weighted by Gasteiger charge is 2.32. The number of rotatable bonds is 8. The summed E-state index contributed by atoms with van der Waals surface area (Å²) in [6, 6.07) is 8.73. The van der Waals surface area contributed by atoms with Crippen LogP contribution in [-0.2, 0) is 4.74 Å². The van der Waals surface area contributed by atoms with Gasteiger partial charge >= 0.3 is 0 Å². The van der Waals surface area contributed by atoms with E-state index < -0.39 is 0 Å². The van der Waals surface area contributed by atoms with Crippen LogP contribution in [-0.4, -0.2) is 19.4 Å². The van der Waals surface area contributed by atoms with Crippen LogP contribution in [0.25, 0.3) is 0 Å². The maximum Gasteiger partial charge on any atom is 0.119 e. The van der Waals surface area contributed by atoms with Crippen molar-refractivity contribution in [3.63, 3.8) is 0 Å². The van der Waals surface area contributed by atoms with Crippen LogP contribution in [0.2, 0.25) is 0 Å². The molecule has 29 heavy (non-hydrogen) atoms. The fourth-order valence-corrected chi connectivity index (χ4v) is 6.21. The Bertz CT molecular complexity index is 595. The van der Waals surface area contributed by atoms with Gasteiger partial charge in [0.1, 0.15) is 18.6 Å². The summed E-state index contributed by atoms with van der Waals surface area (Å²) in [6.45, 7) is 1.15. The van der Waals surface area contributed by atoms with Crippen molar-refractivity contribution >= 4 is 0 Å². The van der Waals surface area contributed by atoms with Gasteiger partial charge in [-0.05, 0) is 73.5 Å². The minimum absolute atomic E-state index is 0.141.